The van der Waals surface area contributed by atoms with Gasteiger partial charge in [0, 0.05) is 6.04 Å². The van der Waals surface area contributed by atoms with E-state index in [2.05, 4.69) is 35.6 Å². The van der Waals surface area contributed by atoms with Crippen molar-refractivity contribution in [3.05, 3.63) is 24.3 Å². The van der Waals surface area contributed by atoms with Gasteiger partial charge in [0.05, 0.1) is 18.2 Å². The minimum atomic E-state index is 0.458. The summed E-state index contributed by atoms with van der Waals surface area (Å²) in [5.74, 6) is 0. The van der Waals surface area contributed by atoms with Gasteiger partial charge >= 0.3 is 0 Å². The number of nitrogens with zero attached hydrogens (tertiary/aromatic N) is 2. The van der Waals surface area contributed by atoms with Crippen molar-refractivity contribution in [2.75, 3.05) is 6.54 Å². The third kappa shape index (κ3) is 2.70. The van der Waals surface area contributed by atoms with Gasteiger partial charge in [0.2, 0.25) is 0 Å². The van der Waals surface area contributed by atoms with E-state index in [9.17, 15) is 0 Å². The van der Waals surface area contributed by atoms with Crippen LogP contribution >= 0.6 is 0 Å². The second-order valence-electron chi connectivity index (χ2n) is 3.30. The van der Waals surface area contributed by atoms with Crippen LogP contribution in [0.4, 0.5) is 0 Å². The van der Waals surface area contributed by atoms with Gasteiger partial charge in [0.1, 0.15) is 0 Å². The Morgan fingerprint density at radius 2 is 2.38 bits per heavy atom. The summed E-state index contributed by atoms with van der Waals surface area (Å²) < 4.78 is 2.13. The van der Waals surface area contributed by atoms with Gasteiger partial charge in [0.15, 0.2) is 0 Å². The maximum Gasteiger partial charge on any atom is 0.0953 e. The van der Waals surface area contributed by atoms with Crippen molar-refractivity contribution < 1.29 is 0 Å². The number of aromatic nitrogens is 2. The van der Waals surface area contributed by atoms with E-state index in [1.54, 1.807) is 0 Å². The molecule has 0 atom stereocenters. The molecule has 0 saturated heterocycles. The molecule has 1 rings (SSSR count). The molecule has 0 bridgehead atoms. The lowest BCUT2D eigenvalue weighted by molar-refractivity contribution is 0.595. The van der Waals surface area contributed by atoms with E-state index in [0.29, 0.717) is 12.6 Å². The van der Waals surface area contributed by atoms with Crippen molar-refractivity contribution in [2.24, 2.45) is 5.73 Å². The Balaban J connectivity index is 2.70. The van der Waals surface area contributed by atoms with E-state index < -0.39 is 0 Å². The van der Waals surface area contributed by atoms with Crippen LogP contribution in [0.1, 0.15) is 32.0 Å². The molecule has 1 aromatic heterocycles. The summed E-state index contributed by atoms with van der Waals surface area (Å²) in [6.07, 6.45) is 8.79. The highest BCUT2D eigenvalue weighted by molar-refractivity contribution is 5.43. The molecule has 0 fully saturated rings. The SMILES string of the molecule is CC(C)n1cncc1C=CCCN. The number of rotatable bonds is 4. The highest BCUT2D eigenvalue weighted by Crippen LogP contribution is 2.10. The molecule has 0 unspecified atom stereocenters. The van der Waals surface area contributed by atoms with E-state index in [1.165, 1.54) is 0 Å². The minimum absolute atomic E-state index is 0.458. The van der Waals surface area contributed by atoms with E-state index >= 15 is 0 Å². The fourth-order valence-corrected chi connectivity index (χ4v) is 1.18. The summed E-state index contributed by atoms with van der Waals surface area (Å²) in [5, 5.41) is 0. The van der Waals surface area contributed by atoms with Gasteiger partial charge in [-0.05, 0) is 32.9 Å². The van der Waals surface area contributed by atoms with Crippen LogP contribution in [0.25, 0.3) is 6.08 Å². The van der Waals surface area contributed by atoms with Crippen molar-refractivity contribution in [3.63, 3.8) is 0 Å². The zero-order chi connectivity index (χ0) is 9.68. The number of imidazole rings is 1. The number of hydrogen-bond acceptors (Lipinski definition) is 2. The monoisotopic (exact) mass is 179 g/mol. The van der Waals surface area contributed by atoms with E-state index in [0.717, 1.165) is 12.1 Å². The lowest BCUT2D eigenvalue weighted by atomic mass is 10.3. The Kier molecular flexibility index (Phi) is 3.71. The average molecular weight is 179 g/mol. The van der Waals surface area contributed by atoms with Crippen LogP contribution < -0.4 is 5.73 Å². The van der Waals surface area contributed by atoms with Gasteiger partial charge in [-0.25, -0.2) is 4.98 Å². The van der Waals surface area contributed by atoms with Crippen molar-refractivity contribution in [1.82, 2.24) is 9.55 Å². The topological polar surface area (TPSA) is 43.8 Å². The fourth-order valence-electron chi connectivity index (χ4n) is 1.18. The van der Waals surface area contributed by atoms with Crippen LogP contribution in [-0.2, 0) is 0 Å². The first-order chi connectivity index (χ1) is 6.25. The first kappa shape index (κ1) is 9.99. The van der Waals surface area contributed by atoms with Crippen molar-refractivity contribution in [1.29, 1.82) is 0 Å². The molecular weight excluding hydrogens is 162 g/mol. The molecule has 72 valence electrons. The predicted molar refractivity (Wildman–Crippen MR) is 55.3 cm³/mol. The quantitative estimate of drug-likeness (QED) is 0.766. The molecular formula is C10H17N3. The van der Waals surface area contributed by atoms with Crippen LogP contribution in [0, 0.1) is 0 Å². The summed E-state index contributed by atoms with van der Waals surface area (Å²) in [6.45, 7) is 4.98. The molecule has 3 nitrogen and oxygen atoms in total. The van der Waals surface area contributed by atoms with Crippen LogP contribution in [0.3, 0.4) is 0 Å². The third-order valence-electron chi connectivity index (χ3n) is 1.87. The molecule has 13 heavy (non-hydrogen) atoms. The molecule has 2 N–H and O–H groups in total. The lowest BCUT2D eigenvalue weighted by Gasteiger charge is -2.08. The lowest BCUT2D eigenvalue weighted by Crippen LogP contribution is -2.00. The Labute approximate surface area is 79.3 Å². The summed E-state index contributed by atoms with van der Waals surface area (Å²) in [7, 11) is 0. The molecule has 1 heterocycles. The van der Waals surface area contributed by atoms with E-state index in [1.807, 2.05) is 12.5 Å². The summed E-state index contributed by atoms with van der Waals surface area (Å²) >= 11 is 0. The van der Waals surface area contributed by atoms with Crippen LogP contribution in [0.5, 0.6) is 0 Å². The maximum absolute atomic E-state index is 5.39. The van der Waals surface area contributed by atoms with Crippen molar-refractivity contribution >= 4 is 6.08 Å². The summed E-state index contributed by atoms with van der Waals surface area (Å²) in [4.78, 5) is 4.10. The first-order valence-corrected chi connectivity index (χ1v) is 4.64. The largest absolute Gasteiger partial charge is 0.330 e. The van der Waals surface area contributed by atoms with Crippen LogP contribution in [-0.4, -0.2) is 16.1 Å². The van der Waals surface area contributed by atoms with Crippen molar-refractivity contribution in [3.8, 4) is 0 Å². The Morgan fingerprint density at radius 1 is 1.62 bits per heavy atom. The molecule has 0 radical (unpaired) electrons. The van der Waals surface area contributed by atoms with Gasteiger partial charge in [-0.3, -0.25) is 0 Å². The van der Waals surface area contributed by atoms with Gasteiger partial charge in [-0.1, -0.05) is 6.08 Å². The zero-order valence-electron chi connectivity index (χ0n) is 8.27. The van der Waals surface area contributed by atoms with Crippen LogP contribution in [0.2, 0.25) is 0 Å². The highest BCUT2D eigenvalue weighted by Gasteiger charge is 2.00. The minimum Gasteiger partial charge on any atom is -0.330 e. The smallest absolute Gasteiger partial charge is 0.0953 e. The second kappa shape index (κ2) is 4.82. The predicted octanol–water partition coefficient (Wildman–Crippen LogP) is 1.83. The molecule has 0 aliphatic rings. The average Bonchev–Trinajstić information content (AvgIpc) is 2.53. The van der Waals surface area contributed by atoms with E-state index in [-0.39, 0.29) is 0 Å². The summed E-state index contributed by atoms with van der Waals surface area (Å²) in [5.41, 5.74) is 6.53. The molecule has 0 aliphatic carbocycles. The molecule has 3 heteroatoms. The van der Waals surface area contributed by atoms with Crippen molar-refractivity contribution in [2.45, 2.75) is 26.3 Å². The normalized spacial score (nSPS) is 11.7. The van der Waals surface area contributed by atoms with Gasteiger partial charge in [-0.15, -0.1) is 0 Å². The van der Waals surface area contributed by atoms with Gasteiger partial charge in [-0.2, -0.15) is 0 Å². The first-order valence-electron chi connectivity index (χ1n) is 4.64. The molecule has 0 aliphatic heterocycles. The number of hydrogen-bond donors (Lipinski definition) is 1. The Hall–Kier alpha value is -1.09. The van der Waals surface area contributed by atoms with Gasteiger partial charge < -0.3 is 10.3 Å². The highest BCUT2D eigenvalue weighted by atomic mass is 15.1. The standard InChI is InChI=1S/C10H17N3/c1-9(2)13-8-12-7-10(13)5-3-4-6-11/h3,5,7-9H,4,6,11H2,1-2H3. The molecule has 0 amide bonds. The Bertz CT molecular complexity index is 273. The van der Waals surface area contributed by atoms with Crippen LogP contribution in [0.15, 0.2) is 18.6 Å². The summed E-state index contributed by atoms with van der Waals surface area (Å²) in [6, 6.07) is 0.458. The van der Waals surface area contributed by atoms with E-state index in [4.69, 9.17) is 5.73 Å². The molecule has 1 aromatic rings. The fraction of sp³-hybridized carbons (Fsp3) is 0.500. The molecule has 0 aromatic carbocycles. The molecule has 0 spiro atoms. The zero-order valence-corrected chi connectivity index (χ0v) is 8.27. The second-order valence-corrected chi connectivity index (χ2v) is 3.30. The molecule has 0 saturated carbocycles. The third-order valence-corrected chi connectivity index (χ3v) is 1.87. The number of nitrogens with two attached hydrogens (primary N) is 1. The maximum atomic E-state index is 5.39. The Morgan fingerprint density at radius 3 is 3.00 bits per heavy atom. The van der Waals surface area contributed by atoms with Gasteiger partial charge in [0.25, 0.3) is 0 Å².